The molecule has 1 aromatic carbocycles. The monoisotopic (exact) mass is 305 g/mol. The van der Waals surface area contributed by atoms with E-state index in [1.54, 1.807) is 6.07 Å². The van der Waals surface area contributed by atoms with Crippen molar-refractivity contribution in [2.75, 3.05) is 18.0 Å². The van der Waals surface area contributed by atoms with E-state index in [0.29, 0.717) is 5.88 Å². The van der Waals surface area contributed by atoms with Gasteiger partial charge in [0.25, 0.3) is 0 Å². The van der Waals surface area contributed by atoms with Crippen LogP contribution < -0.4 is 9.64 Å². The van der Waals surface area contributed by atoms with Gasteiger partial charge in [-0.3, -0.25) is 0 Å². The fraction of sp³-hybridized carbons (Fsp3) is 0.375. The first-order valence-electron chi connectivity index (χ1n) is 7.42. The molecule has 6 heteroatoms. The minimum Gasteiger partial charge on any atom is -0.439 e. The minimum atomic E-state index is -0.945. The fourth-order valence-electron chi connectivity index (χ4n) is 2.52. The van der Waals surface area contributed by atoms with Crippen LogP contribution in [0.3, 0.4) is 0 Å². The molecule has 1 saturated heterocycles. The van der Waals surface area contributed by atoms with Crippen LogP contribution in [0.15, 0.2) is 30.6 Å². The van der Waals surface area contributed by atoms with E-state index in [9.17, 15) is 8.78 Å². The summed E-state index contributed by atoms with van der Waals surface area (Å²) in [4.78, 5) is 10.5. The summed E-state index contributed by atoms with van der Waals surface area (Å²) in [5, 5.41) is 0. The zero-order chi connectivity index (χ0) is 15.4. The topological polar surface area (TPSA) is 38.2 Å². The predicted octanol–water partition coefficient (Wildman–Crippen LogP) is 3.93. The summed E-state index contributed by atoms with van der Waals surface area (Å²) in [5.74, 6) is -0.520. The third kappa shape index (κ3) is 3.50. The van der Waals surface area contributed by atoms with Crippen molar-refractivity contribution in [3.8, 4) is 11.6 Å². The number of nitrogens with zero attached hydrogens (tertiary/aromatic N) is 3. The fourth-order valence-corrected chi connectivity index (χ4v) is 2.52. The van der Waals surface area contributed by atoms with Crippen molar-refractivity contribution in [1.82, 2.24) is 9.97 Å². The van der Waals surface area contributed by atoms with Gasteiger partial charge in [-0.05, 0) is 25.0 Å². The maximum Gasteiger partial charge on any atom is 0.224 e. The summed E-state index contributed by atoms with van der Waals surface area (Å²) in [6.07, 6.45) is 6.18. The van der Waals surface area contributed by atoms with Gasteiger partial charge in [0.1, 0.15) is 17.9 Å². The average molecular weight is 305 g/mol. The lowest BCUT2D eigenvalue weighted by atomic mass is 10.2. The van der Waals surface area contributed by atoms with E-state index in [0.717, 1.165) is 43.9 Å². The highest BCUT2D eigenvalue weighted by atomic mass is 19.2. The van der Waals surface area contributed by atoms with Gasteiger partial charge in [0.15, 0.2) is 11.6 Å². The number of hydrogen-bond donors (Lipinski definition) is 0. The SMILES string of the molecule is Fc1ccc(Oc2cc(N3CCCCCC3)ncn2)cc1F. The predicted molar refractivity (Wildman–Crippen MR) is 79.1 cm³/mol. The van der Waals surface area contributed by atoms with Crippen LogP contribution in [-0.4, -0.2) is 23.1 Å². The molecule has 0 atom stereocenters. The molecule has 1 aliphatic rings. The maximum absolute atomic E-state index is 13.2. The second-order valence-electron chi connectivity index (χ2n) is 5.29. The molecule has 0 spiro atoms. The maximum atomic E-state index is 13.2. The molecule has 0 aliphatic carbocycles. The lowest BCUT2D eigenvalue weighted by Crippen LogP contribution is -2.24. The Hall–Kier alpha value is -2.24. The van der Waals surface area contributed by atoms with E-state index in [-0.39, 0.29) is 5.75 Å². The van der Waals surface area contributed by atoms with Crippen LogP contribution in [-0.2, 0) is 0 Å². The van der Waals surface area contributed by atoms with Crippen LogP contribution in [0.4, 0.5) is 14.6 Å². The highest BCUT2D eigenvalue weighted by Crippen LogP contribution is 2.25. The molecule has 0 unspecified atom stereocenters. The van der Waals surface area contributed by atoms with Crippen LogP contribution in [0.5, 0.6) is 11.6 Å². The van der Waals surface area contributed by atoms with E-state index in [2.05, 4.69) is 14.9 Å². The summed E-state index contributed by atoms with van der Waals surface area (Å²) in [6.45, 7) is 1.92. The number of rotatable bonds is 3. The quantitative estimate of drug-likeness (QED) is 0.861. The number of anilines is 1. The largest absolute Gasteiger partial charge is 0.439 e. The van der Waals surface area contributed by atoms with Crippen molar-refractivity contribution >= 4 is 5.82 Å². The number of aromatic nitrogens is 2. The molecule has 1 aromatic heterocycles. The van der Waals surface area contributed by atoms with E-state index >= 15 is 0 Å². The molecule has 2 heterocycles. The second-order valence-corrected chi connectivity index (χ2v) is 5.29. The van der Waals surface area contributed by atoms with Crippen LogP contribution in [0.2, 0.25) is 0 Å². The standard InChI is InChI=1S/C16H17F2N3O/c17-13-6-5-12(9-14(13)18)22-16-10-15(19-11-20-16)21-7-3-1-2-4-8-21/h5-6,9-11H,1-4,7-8H2. The van der Waals surface area contributed by atoms with Crippen LogP contribution >= 0.6 is 0 Å². The van der Waals surface area contributed by atoms with Crippen LogP contribution in [0, 0.1) is 11.6 Å². The molecular weight excluding hydrogens is 288 g/mol. The van der Waals surface area contributed by atoms with Gasteiger partial charge in [-0.25, -0.2) is 18.7 Å². The second kappa shape index (κ2) is 6.68. The number of hydrogen-bond acceptors (Lipinski definition) is 4. The van der Waals surface area contributed by atoms with Gasteiger partial charge in [-0.15, -0.1) is 0 Å². The molecule has 116 valence electrons. The first-order chi connectivity index (χ1) is 10.7. The van der Waals surface area contributed by atoms with Gasteiger partial charge < -0.3 is 9.64 Å². The highest BCUT2D eigenvalue weighted by molar-refractivity contribution is 5.42. The van der Waals surface area contributed by atoms with Gasteiger partial charge in [0.05, 0.1) is 0 Å². The number of halogens is 2. The van der Waals surface area contributed by atoms with Crippen molar-refractivity contribution < 1.29 is 13.5 Å². The van der Waals surface area contributed by atoms with Crippen LogP contribution in [0.25, 0.3) is 0 Å². The summed E-state index contributed by atoms with van der Waals surface area (Å²) in [6, 6.07) is 5.13. The van der Waals surface area contributed by atoms with Gasteiger partial charge in [0, 0.05) is 25.2 Å². The van der Waals surface area contributed by atoms with E-state index in [1.165, 1.54) is 25.2 Å². The van der Waals surface area contributed by atoms with Crippen molar-refractivity contribution in [3.05, 3.63) is 42.2 Å². The van der Waals surface area contributed by atoms with Gasteiger partial charge in [0.2, 0.25) is 5.88 Å². The van der Waals surface area contributed by atoms with Crippen molar-refractivity contribution in [2.45, 2.75) is 25.7 Å². The molecule has 22 heavy (non-hydrogen) atoms. The minimum absolute atomic E-state index is 0.208. The molecule has 4 nitrogen and oxygen atoms in total. The zero-order valence-electron chi connectivity index (χ0n) is 12.1. The molecule has 3 rings (SSSR count). The Morgan fingerprint density at radius 1 is 0.909 bits per heavy atom. The van der Waals surface area contributed by atoms with E-state index in [4.69, 9.17) is 4.74 Å². The smallest absolute Gasteiger partial charge is 0.224 e. The molecule has 1 aliphatic heterocycles. The first-order valence-corrected chi connectivity index (χ1v) is 7.42. The highest BCUT2D eigenvalue weighted by Gasteiger charge is 2.13. The van der Waals surface area contributed by atoms with E-state index < -0.39 is 11.6 Å². The van der Waals surface area contributed by atoms with Gasteiger partial charge >= 0.3 is 0 Å². The van der Waals surface area contributed by atoms with Crippen LogP contribution in [0.1, 0.15) is 25.7 Å². The molecule has 0 N–H and O–H groups in total. The Morgan fingerprint density at radius 3 is 2.41 bits per heavy atom. The molecule has 0 bridgehead atoms. The Bertz CT molecular complexity index is 643. The molecule has 0 saturated carbocycles. The van der Waals surface area contributed by atoms with Gasteiger partial charge in [-0.2, -0.15) is 0 Å². The molecule has 2 aromatic rings. The van der Waals surface area contributed by atoms with Crippen molar-refractivity contribution in [3.63, 3.8) is 0 Å². The first kappa shape index (κ1) is 14.7. The molecule has 0 amide bonds. The summed E-state index contributed by atoms with van der Waals surface area (Å²) in [5.41, 5.74) is 0. The number of ether oxygens (including phenoxy) is 1. The summed E-state index contributed by atoms with van der Waals surface area (Å²) >= 11 is 0. The third-order valence-electron chi connectivity index (χ3n) is 3.67. The summed E-state index contributed by atoms with van der Waals surface area (Å²) < 4.78 is 31.6. The zero-order valence-corrected chi connectivity index (χ0v) is 12.1. The lowest BCUT2D eigenvalue weighted by molar-refractivity contribution is 0.446. The third-order valence-corrected chi connectivity index (χ3v) is 3.67. The Labute approximate surface area is 127 Å². The summed E-state index contributed by atoms with van der Waals surface area (Å²) in [7, 11) is 0. The lowest BCUT2D eigenvalue weighted by Gasteiger charge is -2.21. The Morgan fingerprint density at radius 2 is 1.68 bits per heavy atom. The molecule has 1 fully saturated rings. The Balaban J connectivity index is 1.76. The van der Waals surface area contributed by atoms with E-state index in [1.807, 2.05) is 0 Å². The van der Waals surface area contributed by atoms with Crippen molar-refractivity contribution in [2.24, 2.45) is 0 Å². The number of benzene rings is 1. The molecule has 0 radical (unpaired) electrons. The van der Waals surface area contributed by atoms with Gasteiger partial charge in [-0.1, -0.05) is 12.8 Å². The molecular formula is C16H17F2N3O. The average Bonchev–Trinajstić information content (AvgIpc) is 2.80. The normalized spacial score (nSPS) is 15.5. The Kier molecular flexibility index (Phi) is 4.46. The van der Waals surface area contributed by atoms with Crippen molar-refractivity contribution in [1.29, 1.82) is 0 Å².